The topological polar surface area (TPSA) is 38.5 Å². The molecule has 134 valence electrons. The molecular weight excluding hydrogens is 348 g/mol. The Bertz CT molecular complexity index is 1070. The number of aromatic nitrogens is 1. The summed E-state index contributed by atoms with van der Waals surface area (Å²) in [5.41, 5.74) is 2.36. The van der Waals surface area contributed by atoms with Crippen LogP contribution in [0.5, 0.6) is 5.88 Å². The van der Waals surface area contributed by atoms with Gasteiger partial charge in [0.25, 0.3) is 5.88 Å². The van der Waals surface area contributed by atoms with E-state index < -0.39 is 0 Å². The van der Waals surface area contributed by atoms with Gasteiger partial charge in [0.1, 0.15) is 12.2 Å². The average molecular weight is 369 g/mol. The Hall–Kier alpha value is -2.30. The molecule has 0 atom stereocenters. The molecule has 0 bridgehead atoms. The van der Waals surface area contributed by atoms with E-state index in [4.69, 9.17) is 25.7 Å². The van der Waals surface area contributed by atoms with E-state index in [1.54, 1.807) is 0 Å². The Labute approximate surface area is 157 Å². The third-order valence-electron chi connectivity index (χ3n) is 4.78. The van der Waals surface area contributed by atoms with Gasteiger partial charge in [-0.3, -0.25) is 0 Å². The summed E-state index contributed by atoms with van der Waals surface area (Å²) in [4.78, 5) is 7.01. The number of pyridine rings is 1. The first-order valence-electron chi connectivity index (χ1n) is 8.97. The first-order chi connectivity index (χ1) is 12.7. The first-order valence-corrected chi connectivity index (χ1v) is 9.34. The summed E-state index contributed by atoms with van der Waals surface area (Å²) in [6.45, 7) is 7.74. The molecule has 5 heteroatoms. The van der Waals surface area contributed by atoms with Crippen LogP contribution in [0.2, 0.25) is 5.02 Å². The number of para-hydroxylation sites is 1. The molecule has 2 heterocycles. The van der Waals surface area contributed by atoms with Gasteiger partial charge in [-0.15, -0.1) is 0 Å². The van der Waals surface area contributed by atoms with Crippen LogP contribution in [0.3, 0.4) is 0 Å². The van der Waals surface area contributed by atoms with E-state index in [-0.39, 0.29) is 0 Å². The number of benzene rings is 2. The number of hydrogen-bond acceptors (Lipinski definition) is 4. The molecule has 0 saturated heterocycles. The van der Waals surface area contributed by atoms with Crippen LogP contribution < -0.4 is 4.74 Å². The van der Waals surface area contributed by atoms with Crippen molar-refractivity contribution in [3.05, 3.63) is 47.5 Å². The van der Waals surface area contributed by atoms with Crippen molar-refractivity contribution in [1.29, 1.82) is 0 Å². The maximum Gasteiger partial charge on any atom is 0.259 e. The van der Waals surface area contributed by atoms with Gasteiger partial charge in [-0.25, -0.2) is 4.98 Å². The summed E-state index contributed by atoms with van der Waals surface area (Å²) in [6, 6.07) is 13.7. The van der Waals surface area contributed by atoms with Crippen LogP contribution in [0.25, 0.3) is 32.8 Å². The van der Waals surface area contributed by atoms with Crippen LogP contribution in [0.15, 0.2) is 46.9 Å². The number of nitrogens with zero attached hydrogens (tertiary/aromatic N) is 2. The molecule has 0 radical (unpaired) electrons. The van der Waals surface area contributed by atoms with E-state index in [0.29, 0.717) is 23.1 Å². The zero-order chi connectivity index (χ0) is 18.1. The minimum absolute atomic E-state index is 0.540. The number of rotatable bonds is 6. The van der Waals surface area contributed by atoms with Crippen molar-refractivity contribution in [2.45, 2.75) is 13.8 Å². The van der Waals surface area contributed by atoms with Gasteiger partial charge < -0.3 is 14.1 Å². The maximum atomic E-state index is 6.23. The van der Waals surface area contributed by atoms with Crippen LogP contribution in [-0.2, 0) is 0 Å². The quantitative estimate of drug-likeness (QED) is 0.450. The van der Waals surface area contributed by atoms with E-state index in [1.165, 1.54) is 0 Å². The molecule has 4 aromatic rings. The molecule has 0 unspecified atom stereocenters. The number of ether oxygens (including phenoxy) is 1. The SMILES string of the molecule is CCN(CC)CCOc1nc2ccc(Cl)cc2c2c1oc1ccccc12. The summed E-state index contributed by atoms with van der Waals surface area (Å²) in [5.74, 6) is 0.540. The van der Waals surface area contributed by atoms with Crippen LogP contribution in [0, 0.1) is 0 Å². The van der Waals surface area contributed by atoms with E-state index >= 15 is 0 Å². The molecule has 0 fully saturated rings. The van der Waals surface area contributed by atoms with Crippen molar-refractivity contribution in [1.82, 2.24) is 9.88 Å². The lowest BCUT2D eigenvalue weighted by atomic mass is 10.1. The highest BCUT2D eigenvalue weighted by atomic mass is 35.5. The molecule has 0 N–H and O–H groups in total. The molecular formula is C21H21ClN2O2. The van der Waals surface area contributed by atoms with E-state index in [2.05, 4.69) is 24.8 Å². The second-order valence-corrected chi connectivity index (χ2v) is 6.69. The fraction of sp³-hybridized carbons (Fsp3) is 0.286. The Morgan fingerprint density at radius 1 is 1.08 bits per heavy atom. The summed E-state index contributed by atoms with van der Waals surface area (Å²) in [6.07, 6.45) is 0. The normalized spacial score (nSPS) is 11.8. The van der Waals surface area contributed by atoms with Crippen LogP contribution in [0.4, 0.5) is 0 Å². The van der Waals surface area contributed by atoms with Crippen molar-refractivity contribution < 1.29 is 9.15 Å². The Kier molecular flexibility index (Phi) is 4.70. The predicted octanol–water partition coefficient (Wildman–Crippen LogP) is 5.51. The molecule has 0 spiro atoms. The molecule has 0 aliphatic carbocycles. The second-order valence-electron chi connectivity index (χ2n) is 6.26. The number of likely N-dealkylation sites (N-methyl/N-ethyl adjacent to an activating group) is 1. The smallest absolute Gasteiger partial charge is 0.259 e. The van der Waals surface area contributed by atoms with Gasteiger partial charge in [-0.05, 0) is 37.4 Å². The molecule has 0 saturated carbocycles. The molecule has 0 aliphatic heterocycles. The third kappa shape index (κ3) is 3.00. The van der Waals surface area contributed by atoms with Gasteiger partial charge in [0.05, 0.1) is 5.52 Å². The number of halogens is 1. The Morgan fingerprint density at radius 3 is 2.69 bits per heavy atom. The molecule has 0 aliphatic rings. The molecule has 2 aromatic carbocycles. The number of hydrogen-bond donors (Lipinski definition) is 0. The van der Waals surface area contributed by atoms with E-state index in [0.717, 1.165) is 46.9 Å². The minimum Gasteiger partial charge on any atom is -0.474 e. The highest BCUT2D eigenvalue weighted by molar-refractivity contribution is 6.32. The van der Waals surface area contributed by atoms with Crippen molar-refractivity contribution in [2.24, 2.45) is 0 Å². The first kappa shape index (κ1) is 17.1. The van der Waals surface area contributed by atoms with Gasteiger partial charge in [-0.1, -0.05) is 43.6 Å². The van der Waals surface area contributed by atoms with Gasteiger partial charge >= 0.3 is 0 Å². The average Bonchev–Trinajstić information content (AvgIpc) is 3.05. The predicted molar refractivity (Wildman–Crippen MR) is 107 cm³/mol. The molecule has 0 amide bonds. The summed E-state index contributed by atoms with van der Waals surface area (Å²) in [5, 5.41) is 3.71. The third-order valence-corrected chi connectivity index (χ3v) is 5.02. The zero-order valence-corrected chi connectivity index (χ0v) is 15.7. The minimum atomic E-state index is 0.540. The monoisotopic (exact) mass is 368 g/mol. The number of fused-ring (bicyclic) bond motifs is 5. The molecule has 4 rings (SSSR count). The van der Waals surface area contributed by atoms with Crippen LogP contribution in [0.1, 0.15) is 13.8 Å². The standard InChI is InChI=1S/C21H21ClN2O2/c1-3-24(4-2)11-12-25-21-20-19(15-7-5-6-8-18(15)26-20)16-13-14(22)9-10-17(16)23-21/h5-10,13H,3-4,11-12H2,1-2H3. The molecule has 26 heavy (non-hydrogen) atoms. The van der Waals surface area contributed by atoms with Gasteiger partial charge in [0, 0.05) is 27.7 Å². The van der Waals surface area contributed by atoms with Gasteiger partial charge in [0.2, 0.25) is 0 Å². The lowest BCUT2D eigenvalue weighted by Gasteiger charge is -2.17. The number of furan rings is 1. The highest BCUT2D eigenvalue weighted by Gasteiger charge is 2.17. The Balaban J connectivity index is 1.85. The highest BCUT2D eigenvalue weighted by Crippen LogP contribution is 2.39. The summed E-state index contributed by atoms with van der Waals surface area (Å²) >= 11 is 6.23. The summed E-state index contributed by atoms with van der Waals surface area (Å²) < 4.78 is 12.1. The molecule has 2 aromatic heterocycles. The maximum absolute atomic E-state index is 6.23. The Morgan fingerprint density at radius 2 is 1.88 bits per heavy atom. The lowest BCUT2D eigenvalue weighted by Crippen LogP contribution is -2.28. The van der Waals surface area contributed by atoms with E-state index in [9.17, 15) is 0 Å². The fourth-order valence-corrected chi connectivity index (χ4v) is 3.51. The summed E-state index contributed by atoms with van der Waals surface area (Å²) in [7, 11) is 0. The zero-order valence-electron chi connectivity index (χ0n) is 15.0. The van der Waals surface area contributed by atoms with Crippen molar-refractivity contribution >= 4 is 44.4 Å². The van der Waals surface area contributed by atoms with Crippen molar-refractivity contribution in [3.8, 4) is 5.88 Å². The molecule has 4 nitrogen and oxygen atoms in total. The van der Waals surface area contributed by atoms with Crippen molar-refractivity contribution in [3.63, 3.8) is 0 Å². The van der Waals surface area contributed by atoms with Crippen molar-refractivity contribution in [2.75, 3.05) is 26.2 Å². The lowest BCUT2D eigenvalue weighted by molar-refractivity contribution is 0.218. The fourth-order valence-electron chi connectivity index (χ4n) is 3.34. The largest absolute Gasteiger partial charge is 0.474 e. The second kappa shape index (κ2) is 7.14. The van der Waals surface area contributed by atoms with Crippen LogP contribution >= 0.6 is 11.6 Å². The van der Waals surface area contributed by atoms with Gasteiger partial charge in [-0.2, -0.15) is 0 Å². The van der Waals surface area contributed by atoms with E-state index in [1.807, 2.05) is 36.4 Å². The van der Waals surface area contributed by atoms with Crippen LogP contribution in [-0.4, -0.2) is 36.1 Å². The van der Waals surface area contributed by atoms with Gasteiger partial charge in [0.15, 0.2) is 5.58 Å².